The quantitative estimate of drug-likeness (QED) is 0.910. The summed E-state index contributed by atoms with van der Waals surface area (Å²) in [5.41, 5.74) is 6.01. The van der Waals surface area contributed by atoms with E-state index in [1.165, 1.54) is 11.3 Å². The maximum absolute atomic E-state index is 12.5. The molecular weight excluding hydrogens is 246 g/mol. The number of carbonyl (C=O) groups is 1. The van der Waals surface area contributed by atoms with Crippen molar-refractivity contribution in [2.24, 2.45) is 11.7 Å². The van der Waals surface area contributed by atoms with Crippen molar-refractivity contribution in [3.8, 4) is 0 Å². The van der Waals surface area contributed by atoms with Crippen molar-refractivity contribution in [2.45, 2.75) is 39.2 Å². The number of hydrogen-bond acceptors (Lipinski definition) is 4. The van der Waals surface area contributed by atoms with Gasteiger partial charge in [-0.1, -0.05) is 6.92 Å². The predicted octanol–water partition coefficient (Wildman–Crippen LogP) is 1.90. The van der Waals surface area contributed by atoms with Gasteiger partial charge in [0.15, 0.2) is 0 Å². The topological polar surface area (TPSA) is 59.2 Å². The monoisotopic (exact) mass is 267 g/mol. The van der Waals surface area contributed by atoms with Gasteiger partial charge in [0.1, 0.15) is 5.69 Å². The molecule has 0 radical (unpaired) electrons. The molecule has 2 heterocycles. The first-order valence-electron chi connectivity index (χ1n) is 6.40. The van der Waals surface area contributed by atoms with E-state index in [1.54, 1.807) is 0 Å². The molecule has 1 aromatic heterocycles. The molecule has 18 heavy (non-hydrogen) atoms. The molecule has 5 heteroatoms. The van der Waals surface area contributed by atoms with Crippen LogP contribution in [0.5, 0.6) is 0 Å². The summed E-state index contributed by atoms with van der Waals surface area (Å²) in [4.78, 5) is 18.8. The molecule has 1 aliphatic heterocycles. The van der Waals surface area contributed by atoms with Crippen LogP contribution in [0.4, 0.5) is 0 Å². The Hall–Kier alpha value is -0.940. The standard InChI is InChI=1S/C13H21N3OS/c1-9-6-13(2,3)16(7-9)12(17)10-8-18-11(15-10)4-5-14/h8-9H,4-7,14H2,1-3H3. The molecule has 1 atom stereocenters. The first-order valence-corrected chi connectivity index (χ1v) is 7.28. The van der Waals surface area contributed by atoms with Crippen molar-refractivity contribution in [3.63, 3.8) is 0 Å². The van der Waals surface area contributed by atoms with E-state index in [-0.39, 0.29) is 11.4 Å². The van der Waals surface area contributed by atoms with Crippen LogP contribution in [0.2, 0.25) is 0 Å². The average molecular weight is 267 g/mol. The zero-order valence-electron chi connectivity index (χ0n) is 11.3. The maximum Gasteiger partial charge on any atom is 0.273 e. The summed E-state index contributed by atoms with van der Waals surface area (Å²) in [7, 11) is 0. The molecule has 1 unspecified atom stereocenters. The molecular formula is C13H21N3OS. The summed E-state index contributed by atoms with van der Waals surface area (Å²) in [6, 6.07) is 0. The van der Waals surface area contributed by atoms with E-state index in [4.69, 9.17) is 5.73 Å². The second-order valence-corrected chi connectivity index (χ2v) is 6.65. The van der Waals surface area contributed by atoms with Crippen molar-refractivity contribution in [3.05, 3.63) is 16.1 Å². The molecule has 1 aromatic rings. The van der Waals surface area contributed by atoms with E-state index in [0.717, 1.165) is 24.4 Å². The smallest absolute Gasteiger partial charge is 0.273 e. The van der Waals surface area contributed by atoms with Crippen LogP contribution in [0, 0.1) is 5.92 Å². The van der Waals surface area contributed by atoms with E-state index < -0.39 is 0 Å². The third-order valence-corrected chi connectivity index (χ3v) is 4.36. The van der Waals surface area contributed by atoms with Crippen molar-refractivity contribution in [1.82, 2.24) is 9.88 Å². The van der Waals surface area contributed by atoms with Gasteiger partial charge in [-0.15, -0.1) is 11.3 Å². The SMILES string of the molecule is CC1CN(C(=O)c2csc(CCN)n2)C(C)(C)C1. The Morgan fingerprint density at radius 2 is 2.39 bits per heavy atom. The molecule has 2 rings (SSSR count). The van der Waals surface area contributed by atoms with Crippen LogP contribution >= 0.6 is 11.3 Å². The highest BCUT2D eigenvalue weighted by molar-refractivity contribution is 7.09. The lowest BCUT2D eigenvalue weighted by molar-refractivity contribution is 0.0644. The molecule has 100 valence electrons. The summed E-state index contributed by atoms with van der Waals surface area (Å²) >= 11 is 1.52. The Labute approximate surface area is 112 Å². The Kier molecular flexibility index (Phi) is 3.73. The number of hydrogen-bond donors (Lipinski definition) is 1. The Bertz CT molecular complexity index is 441. The molecule has 1 saturated heterocycles. The van der Waals surface area contributed by atoms with Crippen molar-refractivity contribution in [1.29, 1.82) is 0 Å². The van der Waals surface area contributed by atoms with Gasteiger partial charge in [0.25, 0.3) is 5.91 Å². The Morgan fingerprint density at radius 3 is 2.94 bits per heavy atom. The highest BCUT2D eigenvalue weighted by Gasteiger charge is 2.40. The first kappa shape index (κ1) is 13.5. The largest absolute Gasteiger partial charge is 0.332 e. The molecule has 0 bridgehead atoms. The number of aromatic nitrogens is 1. The minimum absolute atomic E-state index is 0.0591. The van der Waals surface area contributed by atoms with Gasteiger partial charge < -0.3 is 10.6 Å². The highest BCUT2D eigenvalue weighted by atomic mass is 32.1. The first-order chi connectivity index (χ1) is 8.44. The second-order valence-electron chi connectivity index (χ2n) is 5.70. The number of thiazole rings is 1. The van der Waals surface area contributed by atoms with Gasteiger partial charge in [0.05, 0.1) is 5.01 Å². The second kappa shape index (κ2) is 4.97. The molecule has 0 spiro atoms. The molecule has 0 aliphatic carbocycles. The molecule has 1 amide bonds. The molecule has 1 aliphatic rings. The number of rotatable bonds is 3. The van der Waals surface area contributed by atoms with Crippen LogP contribution in [0.1, 0.15) is 42.7 Å². The summed E-state index contributed by atoms with van der Waals surface area (Å²) in [6.07, 6.45) is 1.80. The Morgan fingerprint density at radius 1 is 1.67 bits per heavy atom. The average Bonchev–Trinajstić information content (AvgIpc) is 2.82. The lowest BCUT2D eigenvalue weighted by Gasteiger charge is -2.30. The van der Waals surface area contributed by atoms with Gasteiger partial charge in [-0.25, -0.2) is 4.98 Å². The van der Waals surface area contributed by atoms with E-state index in [0.29, 0.717) is 18.2 Å². The van der Waals surface area contributed by atoms with Gasteiger partial charge in [-0.3, -0.25) is 4.79 Å². The molecule has 1 fully saturated rings. The number of nitrogens with two attached hydrogens (primary N) is 1. The lowest BCUT2D eigenvalue weighted by atomic mass is 9.97. The summed E-state index contributed by atoms with van der Waals surface area (Å²) in [6.45, 7) is 7.85. The normalized spacial score (nSPS) is 22.4. The minimum Gasteiger partial charge on any atom is -0.332 e. The van der Waals surface area contributed by atoms with Gasteiger partial charge in [-0.2, -0.15) is 0 Å². The summed E-state index contributed by atoms with van der Waals surface area (Å²) in [5.74, 6) is 0.620. The number of likely N-dealkylation sites (tertiary alicyclic amines) is 1. The zero-order valence-corrected chi connectivity index (χ0v) is 12.1. The molecule has 2 N–H and O–H groups in total. The van der Waals surface area contributed by atoms with Crippen LogP contribution in [-0.2, 0) is 6.42 Å². The predicted molar refractivity (Wildman–Crippen MR) is 73.8 cm³/mol. The fourth-order valence-corrected chi connectivity index (χ4v) is 3.52. The van der Waals surface area contributed by atoms with Gasteiger partial charge in [0.2, 0.25) is 0 Å². The number of amides is 1. The highest BCUT2D eigenvalue weighted by Crippen LogP contribution is 2.33. The van der Waals surface area contributed by atoms with Crippen LogP contribution in [-0.4, -0.2) is 34.4 Å². The van der Waals surface area contributed by atoms with Crippen molar-refractivity contribution in [2.75, 3.05) is 13.1 Å². The fourth-order valence-electron chi connectivity index (χ4n) is 2.73. The van der Waals surface area contributed by atoms with Crippen LogP contribution < -0.4 is 5.73 Å². The maximum atomic E-state index is 12.5. The van der Waals surface area contributed by atoms with Crippen LogP contribution in [0.15, 0.2) is 5.38 Å². The van der Waals surface area contributed by atoms with E-state index in [2.05, 4.69) is 25.8 Å². The van der Waals surface area contributed by atoms with E-state index >= 15 is 0 Å². The van der Waals surface area contributed by atoms with Gasteiger partial charge in [-0.05, 0) is 32.7 Å². The third-order valence-electron chi connectivity index (χ3n) is 3.45. The fraction of sp³-hybridized carbons (Fsp3) is 0.692. The summed E-state index contributed by atoms with van der Waals surface area (Å²) < 4.78 is 0. The van der Waals surface area contributed by atoms with Crippen LogP contribution in [0.25, 0.3) is 0 Å². The lowest BCUT2D eigenvalue weighted by Crippen LogP contribution is -2.42. The van der Waals surface area contributed by atoms with E-state index in [9.17, 15) is 4.79 Å². The molecule has 0 aromatic carbocycles. The zero-order chi connectivity index (χ0) is 13.3. The van der Waals surface area contributed by atoms with Crippen molar-refractivity contribution < 1.29 is 4.79 Å². The molecule has 4 nitrogen and oxygen atoms in total. The van der Waals surface area contributed by atoms with Gasteiger partial charge >= 0.3 is 0 Å². The van der Waals surface area contributed by atoms with E-state index in [1.807, 2.05) is 10.3 Å². The number of nitrogens with zero attached hydrogens (tertiary/aromatic N) is 2. The van der Waals surface area contributed by atoms with Crippen molar-refractivity contribution >= 4 is 17.2 Å². The number of carbonyl (C=O) groups excluding carboxylic acids is 1. The van der Waals surface area contributed by atoms with Gasteiger partial charge in [0, 0.05) is 23.9 Å². The summed E-state index contributed by atoms with van der Waals surface area (Å²) in [5, 5.41) is 2.80. The minimum atomic E-state index is -0.0614. The van der Waals surface area contributed by atoms with Crippen LogP contribution in [0.3, 0.4) is 0 Å². The third kappa shape index (κ3) is 2.57. The molecule has 0 saturated carbocycles. The Balaban J connectivity index is 2.15.